The van der Waals surface area contributed by atoms with Crippen LogP contribution in [0.4, 0.5) is 14.9 Å². The molecule has 1 N–H and O–H groups in total. The van der Waals surface area contributed by atoms with Crippen LogP contribution < -0.4 is 9.62 Å². The molecule has 11 nitrogen and oxygen atoms in total. The lowest BCUT2D eigenvalue weighted by Gasteiger charge is -2.27. The second-order valence-corrected chi connectivity index (χ2v) is 12.8. The maximum atomic E-state index is 13.7. The van der Waals surface area contributed by atoms with Crippen LogP contribution in [0.25, 0.3) is 27.9 Å². The molecule has 4 rings (SSSR count). The number of benzene rings is 2. The molecule has 2 aromatic carbocycles. The van der Waals surface area contributed by atoms with E-state index in [2.05, 4.69) is 5.32 Å². The van der Waals surface area contributed by atoms with Crippen molar-refractivity contribution in [2.75, 3.05) is 38.3 Å². The van der Waals surface area contributed by atoms with Crippen molar-refractivity contribution in [3.63, 3.8) is 0 Å². The number of furan rings is 1. The Morgan fingerprint density at radius 1 is 1.14 bits per heavy atom. The molecule has 224 valence electrons. The molecule has 2 amide bonds. The van der Waals surface area contributed by atoms with Crippen LogP contribution >= 0.6 is 0 Å². The van der Waals surface area contributed by atoms with E-state index in [1.807, 2.05) is 0 Å². The summed E-state index contributed by atoms with van der Waals surface area (Å²) in [4.78, 5) is 40.1. The molecule has 0 bridgehead atoms. The minimum Gasteiger partial charge on any atom is -0.467 e. The fourth-order valence-corrected chi connectivity index (χ4v) is 5.10. The van der Waals surface area contributed by atoms with Gasteiger partial charge in [0.2, 0.25) is 10.0 Å². The SMILES string of the molecule is CNC(=O)c1c(-c2ccc(F)cc2)oc2cc(N(C)S(C)(=O)=O)c(C3=CC(C(=O)OC)N(C(=O)OC(C)(C)C)C3)cc12. The normalized spacial score (nSPS) is 15.4. The zero-order valence-electron chi connectivity index (χ0n) is 24.3. The number of methoxy groups -OCH3 is 1. The number of hydrogen-bond donors (Lipinski definition) is 1. The van der Waals surface area contributed by atoms with Crippen LogP contribution in [0.5, 0.6) is 0 Å². The summed E-state index contributed by atoms with van der Waals surface area (Å²) in [5, 5.41) is 2.91. The van der Waals surface area contributed by atoms with Gasteiger partial charge in [-0.1, -0.05) is 0 Å². The molecule has 0 saturated heterocycles. The molecule has 1 atom stereocenters. The van der Waals surface area contributed by atoms with Crippen LogP contribution in [0.2, 0.25) is 0 Å². The number of halogens is 1. The first-order valence-electron chi connectivity index (χ1n) is 12.9. The third-order valence-corrected chi connectivity index (χ3v) is 7.85. The Balaban J connectivity index is 1.98. The molecule has 1 aromatic heterocycles. The van der Waals surface area contributed by atoms with Gasteiger partial charge in [0.15, 0.2) is 6.04 Å². The summed E-state index contributed by atoms with van der Waals surface area (Å²) in [6.45, 7) is 4.94. The predicted octanol–water partition coefficient (Wildman–Crippen LogP) is 4.17. The molecular formula is C29H32FN3O8S. The topological polar surface area (TPSA) is 135 Å². The van der Waals surface area contributed by atoms with Crippen molar-refractivity contribution in [3.8, 4) is 11.3 Å². The van der Waals surface area contributed by atoms with Crippen LogP contribution in [-0.2, 0) is 24.3 Å². The minimum absolute atomic E-state index is 0.122. The molecule has 3 aromatic rings. The Kier molecular flexibility index (Phi) is 8.09. The van der Waals surface area contributed by atoms with E-state index in [0.29, 0.717) is 22.1 Å². The molecule has 1 aliphatic heterocycles. The number of amides is 2. The Bertz CT molecular complexity index is 1700. The minimum atomic E-state index is -3.80. The lowest BCUT2D eigenvalue weighted by molar-refractivity contribution is -0.144. The highest BCUT2D eigenvalue weighted by Gasteiger charge is 2.39. The van der Waals surface area contributed by atoms with Gasteiger partial charge in [0.1, 0.15) is 22.8 Å². The molecule has 1 aliphatic rings. The highest BCUT2D eigenvalue weighted by molar-refractivity contribution is 7.92. The molecule has 0 spiro atoms. The van der Waals surface area contributed by atoms with E-state index in [4.69, 9.17) is 13.9 Å². The number of nitrogens with zero attached hydrogens (tertiary/aromatic N) is 2. The molecule has 13 heteroatoms. The van der Waals surface area contributed by atoms with Gasteiger partial charge in [-0.2, -0.15) is 0 Å². The fourth-order valence-electron chi connectivity index (χ4n) is 4.59. The summed E-state index contributed by atoms with van der Waals surface area (Å²) in [6.07, 6.45) is 1.75. The summed E-state index contributed by atoms with van der Waals surface area (Å²) < 4.78 is 56.6. The third-order valence-electron chi connectivity index (χ3n) is 6.66. The number of carbonyl (C=O) groups is 3. The fraction of sp³-hybridized carbons (Fsp3) is 0.345. The van der Waals surface area contributed by atoms with Gasteiger partial charge in [0, 0.05) is 36.7 Å². The number of esters is 1. The van der Waals surface area contributed by atoms with Gasteiger partial charge < -0.3 is 19.2 Å². The van der Waals surface area contributed by atoms with Crippen molar-refractivity contribution in [1.29, 1.82) is 0 Å². The van der Waals surface area contributed by atoms with E-state index < -0.39 is 45.5 Å². The number of rotatable bonds is 6. The monoisotopic (exact) mass is 601 g/mol. The number of carbonyl (C=O) groups excluding carboxylic acids is 3. The number of sulfonamides is 1. The zero-order chi connectivity index (χ0) is 31.1. The van der Waals surface area contributed by atoms with Crippen molar-refractivity contribution in [2.45, 2.75) is 32.4 Å². The Labute approximate surface area is 242 Å². The summed E-state index contributed by atoms with van der Waals surface area (Å²) >= 11 is 0. The van der Waals surface area contributed by atoms with E-state index in [-0.39, 0.29) is 29.1 Å². The summed E-state index contributed by atoms with van der Waals surface area (Å²) in [5.41, 5.74) is 0.816. The smallest absolute Gasteiger partial charge is 0.411 e. The number of nitrogens with one attached hydrogen (secondary N) is 1. The van der Waals surface area contributed by atoms with E-state index in [1.165, 1.54) is 62.5 Å². The average Bonchev–Trinajstić information content (AvgIpc) is 3.52. The van der Waals surface area contributed by atoms with E-state index >= 15 is 0 Å². The van der Waals surface area contributed by atoms with Crippen LogP contribution in [0.15, 0.2) is 46.9 Å². The Morgan fingerprint density at radius 3 is 2.33 bits per heavy atom. The van der Waals surface area contributed by atoms with E-state index in [0.717, 1.165) is 10.6 Å². The maximum absolute atomic E-state index is 13.7. The van der Waals surface area contributed by atoms with E-state index in [9.17, 15) is 27.2 Å². The van der Waals surface area contributed by atoms with Gasteiger partial charge in [0.05, 0.1) is 31.2 Å². The molecule has 0 aliphatic carbocycles. The van der Waals surface area contributed by atoms with Crippen molar-refractivity contribution < 1.29 is 41.1 Å². The molecular weight excluding hydrogens is 569 g/mol. The zero-order valence-corrected chi connectivity index (χ0v) is 25.1. The first-order valence-corrected chi connectivity index (χ1v) is 14.7. The van der Waals surface area contributed by atoms with Gasteiger partial charge in [-0.3, -0.25) is 14.0 Å². The second kappa shape index (κ2) is 11.1. The van der Waals surface area contributed by atoms with Crippen LogP contribution in [0.3, 0.4) is 0 Å². The van der Waals surface area contributed by atoms with Crippen LogP contribution in [0.1, 0.15) is 36.7 Å². The van der Waals surface area contributed by atoms with Gasteiger partial charge >= 0.3 is 12.1 Å². The number of hydrogen-bond acceptors (Lipinski definition) is 8. The van der Waals surface area contributed by atoms with Gasteiger partial charge in [-0.25, -0.2) is 22.4 Å². The Hall–Kier alpha value is -4.39. The van der Waals surface area contributed by atoms with Crippen molar-refractivity contribution in [3.05, 3.63) is 59.4 Å². The van der Waals surface area contributed by atoms with Gasteiger partial charge in [-0.15, -0.1) is 0 Å². The molecule has 0 radical (unpaired) electrons. The van der Waals surface area contributed by atoms with Crippen molar-refractivity contribution in [1.82, 2.24) is 10.2 Å². The molecule has 0 saturated carbocycles. The quantitative estimate of drug-likeness (QED) is 0.416. The largest absolute Gasteiger partial charge is 0.467 e. The van der Waals surface area contributed by atoms with Crippen molar-refractivity contribution >= 4 is 50.2 Å². The maximum Gasteiger partial charge on any atom is 0.411 e. The van der Waals surface area contributed by atoms with Crippen LogP contribution in [-0.4, -0.2) is 76.9 Å². The highest BCUT2D eigenvalue weighted by Crippen LogP contribution is 2.41. The lowest BCUT2D eigenvalue weighted by atomic mass is 9.98. The molecule has 1 unspecified atom stereocenters. The first kappa shape index (κ1) is 30.6. The first-order chi connectivity index (χ1) is 19.6. The molecule has 0 fully saturated rings. The molecule has 2 heterocycles. The number of anilines is 1. The number of fused-ring (bicyclic) bond motifs is 1. The Morgan fingerprint density at radius 2 is 1.79 bits per heavy atom. The lowest BCUT2D eigenvalue weighted by Crippen LogP contribution is -2.44. The second-order valence-electron chi connectivity index (χ2n) is 10.8. The van der Waals surface area contributed by atoms with Gasteiger partial charge in [0.25, 0.3) is 5.91 Å². The predicted molar refractivity (Wildman–Crippen MR) is 155 cm³/mol. The van der Waals surface area contributed by atoms with E-state index in [1.54, 1.807) is 26.8 Å². The summed E-state index contributed by atoms with van der Waals surface area (Å²) in [7, 11) is 0.185. The van der Waals surface area contributed by atoms with Crippen LogP contribution in [0, 0.1) is 5.82 Å². The standard InChI is InChI=1S/C29H32FN3O8S/c1-29(2,3)41-28(36)33-15-17(12-22(33)27(35)39-6)19-13-20-23(14-21(19)32(5)42(7,37)38)40-25(24(20)26(34)31-4)16-8-10-18(30)11-9-16/h8-14,22H,15H2,1-7H3,(H,31,34). The molecule has 42 heavy (non-hydrogen) atoms. The average molecular weight is 602 g/mol. The van der Waals surface area contributed by atoms with Crippen molar-refractivity contribution in [2.24, 2.45) is 0 Å². The highest BCUT2D eigenvalue weighted by atomic mass is 32.2. The number of ether oxygens (including phenoxy) is 2. The third kappa shape index (κ3) is 5.96. The van der Waals surface area contributed by atoms with Gasteiger partial charge in [-0.05, 0) is 62.8 Å². The summed E-state index contributed by atoms with van der Waals surface area (Å²) in [5.74, 6) is -1.54. The summed E-state index contributed by atoms with van der Waals surface area (Å²) in [6, 6.07) is 7.27.